The number of aryl methyl sites for hydroxylation is 1. The van der Waals surface area contributed by atoms with Gasteiger partial charge < -0.3 is 10.3 Å². The van der Waals surface area contributed by atoms with Gasteiger partial charge in [0.2, 0.25) is 0 Å². The van der Waals surface area contributed by atoms with Crippen LogP contribution in [0.25, 0.3) is 11.0 Å². The van der Waals surface area contributed by atoms with Gasteiger partial charge in [0.15, 0.2) is 0 Å². The van der Waals surface area contributed by atoms with Crippen molar-refractivity contribution >= 4 is 11.0 Å². The summed E-state index contributed by atoms with van der Waals surface area (Å²) in [6.45, 7) is 3.31. The molecule has 3 heterocycles. The van der Waals surface area contributed by atoms with Crippen LogP contribution in [0.15, 0.2) is 4.79 Å². The molecule has 112 valence electrons. The number of rotatable bonds is 2. The van der Waals surface area contributed by atoms with Crippen LogP contribution in [0.4, 0.5) is 0 Å². The van der Waals surface area contributed by atoms with Crippen molar-refractivity contribution in [3.05, 3.63) is 27.2 Å². The first-order valence-corrected chi connectivity index (χ1v) is 8.15. The molecule has 4 rings (SSSR count). The molecule has 5 heteroatoms. The standard InChI is InChI=1S/C16H22N4O/c1-2-9-7-8-17-13(9)14-12-10-5-3-4-6-11(10)16(21)18-15(12)20-19-14/h9,13,17H,2-8H2,1H3,(H2,18,19,20,21). The molecule has 0 aromatic carbocycles. The second-order valence-electron chi connectivity index (χ2n) is 6.37. The number of aromatic amines is 2. The van der Waals surface area contributed by atoms with Crippen molar-refractivity contribution in [2.45, 2.75) is 51.5 Å². The van der Waals surface area contributed by atoms with E-state index in [0.29, 0.717) is 12.0 Å². The van der Waals surface area contributed by atoms with Crippen LogP contribution < -0.4 is 10.9 Å². The minimum absolute atomic E-state index is 0.0684. The number of fused-ring (bicyclic) bond motifs is 3. The zero-order chi connectivity index (χ0) is 14.4. The number of nitrogens with zero attached hydrogens (tertiary/aromatic N) is 1. The Bertz CT molecular complexity index is 730. The van der Waals surface area contributed by atoms with Gasteiger partial charge in [-0.3, -0.25) is 9.89 Å². The topological polar surface area (TPSA) is 73.6 Å². The van der Waals surface area contributed by atoms with E-state index >= 15 is 0 Å². The van der Waals surface area contributed by atoms with Gasteiger partial charge in [-0.05, 0) is 50.1 Å². The highest BCUT2D eigenvalue weighted by atomic mass is 16.1. The fourth-order valence-electron chi connectivity index (χ4n) is 4.12. The lowest BCUT2D eigenvalue weighted by atomic mass is 9.87. The summed E-state index contributed by atoms with van der Waals surface area (Å²) in [6.07, 6.45) is 6.57. The normalized spacial score (nSPS) is 25.4. The third-order valence-electron chi connectivity index (χ3n) is 5.25. The fraction of sp³-hybridized carbons (Fsp3) is 0.625. The summed E-state index contributed by atoms with van der Waals surface area (Å²) in [5.74, 6) is 0.641. The highest BCUT2D eigenvalue weighted by Crippen LogP contribution is 2.36. The molecule has 21 heavy (non-hydrogen) atoms. The van der Waals surface area contributed by atoms with Crippen LogP contribution in [0.2, 0.25) is 0 Å². The van der Waals surface area contributed by atoms with Crippen molar-refractivity contribution in [1.82, 2.24) is 20.5 Å². The predicted octanol–water partition coefficient (Wildman–Crippen LogP) is 2.19. The first kappa shape index (κ1) is 13.1. The van der Waals surface area contributed by atoms with Crippen molar-refractivity contribution in [3.8, 4) is 0 Å². The van der Waals surface area contributed by atoms with Gasteiger partial charge in [0.05, 0.1) is 11.7 Å². The van der Waals surface area contributed by atoms with E-state index < -0.39 is 0 Å². The zero-order valence-corrected chi connectivity index (χ0v) is 12.5. The summed E-state index contributed by atoms with van der Waals surface area (Å²) in [5, 5.41) is 12.4. The highest BCUT2D eigenvalue weighted by Gasteiger charge is 2.32. The van der Waals surface area contributed by atoms with Crippen molar-refractivity contribution in [2.75, 3.05) is 6.54 Å². The van der Waals surface area contributed by atoms with Gasteiger partial charge in [-0.25, -0.2) is 0 Å². The monoisotopic (exact) mass is 286 g/mol. The Labute approximate surface area is 123 Å². The molecule has 2 atom stereocenters. The molecule has 2 unspecified atom stereocenters. The number of nitrogens with one attached hydrogen (secondary N) is 3. The molecule has 0 spiro atoms. The van der Waals surface area contributed by atoms with Crippen LogP contribution in [0.1, 0.15) is 55.5 Å². The van der Waals surface area contributed by atoms with Crippen LogP contribution >= 0.6 is 0 Å². The number of hydrogen-bond acceptors (Lipinski definition) is 3. The van der Waals surface area contributed by atoms with Crippen molar-refractivity contribution in [3.63, 3.8) is 0 Å². The van der Waals surface area contributed by atoms with Crippen molar-refractivity contribution < 1.29 is 0 Å². The van der Waals surface area contributed by atoms with E-state index in [1.807, 2.05) is 0 Å². The van der Waals surface area contributed by atoms with E-state index in [0.717, 1.165) is 49.1 Å². The Balaban J connectivity index is 1.93. The van der Waals surface area contributed by atoms with Gasteiger partial charge in [0, 0.05) is 10.9 Å². The molecule has 0 saturated carbocycles. The third kappa shape index (κ3) is 1.94. The van der Waals surface area contributed by atoms with Crippen LogP contribution in [0.3, 0.4) is 0 Å². The maximum Gasteiger partial charge on any atom is 0.253 e. The van der Waals surface area contributed by atoms with Crippen LogP contribution in [0.5, 0.6) is 0 Å². The minimum Gasteiger partial charge on any atom is -0.308 e. The van der Waals surface area contributed by atoms with Gasteiger partial charge in [-0.1, -0.05) is 13.3 Å². The predicted molar refractivity (Wildman–Crippen MR) is 82.5 cm³/mol. The van der Waals surface area contributed by atoms with Gasteiger partial charge in [0.25, 0.3) is 5.56 Å². The van der Waals surface area contributed by atoms with Crippen LogP contribution in [0, 0.1) is 5.92 Å². The first-order valence-electron chi connectivity index (χ1n) is 8.15. The Hall–Kier alpha value is -1.62. The van der Waals surface area contributed by atoms with E-state index in [2.05, 4.69) is 27.4 Å². The van der Waals surface area contributed by atoms with Gasteiger partial charge in [0.1, 0.15) is 5.65 Å². The third-order valence-corrected chi connectivity index (χ3v) is 5.25. The SMILES string of the molecule is CCC1CCNC1c1n[nH]c2[nH]c(=O)c3c(c12)CCCC3. The number of H-pyrrole nitrogens is 2. The summed E-state index contributed by atoms with van der Waals surface area (Å²) >= 11 is 0. The maximum absolute atomic E-state index is 12.2. The number of aromatic nitrogens is 3. The molecule has 3 N–H and O–H groups in total. The molecule has 5 nitrogen and oxygen atoms in total. The molecule has 1 saturated heterocycles. The summed E-state index contributed by atoms with van der Waals surface area (Å²) in [4.78, 5) is 15.2. The molecule has 1 fully saturated rings. The summed E-state index contributed by atoms with van der Waals surface area (Å²) in [5.41, 5.74) is 4.22. The van der Waals surface area contributed by atoms with Crippen molar-refractivity contribution in [1.29, 1.82) is 0 Å². The molecule has 2 aromatic heterocycles. The number of hydrogen-bond donors (Lipinski definition) is 3. The lowest BCUT2D eigenvalue weighted by Crippen LogP contribution is -2.21. The Morgan fingerprint density at radius 2 is 2.05 bits per heavy atom. The molecule has 2 aliphatic rings. The average Bonchev–Trinajstić information content (AvgIpc) is 3.13. The molecular formula is C16H22N4O. The van der Waals surface area contributed by atoms with Crippen molar-refractivity contribution in [2.24, 2.45) is 5.92 Å². The first-order chi connectivity index (χ1) is 10.3. The van der Waals surface area contributed by atoms with E-state index in [4.69, 9.17) is 0 Å². The van der Waals surface area contributed by atoms with Crippen LogP contribution in [-0.2, 0) is 12.8 Å². The smallest absolute Gasteiger partial charge is 0.253 e. The molecule has 1 aliphatic heterocycles. The average molecular weight is 286 g/mol. The van der Waals surface area contributed by atoms with E-state index in [1.165, 1.54) is 23.8 Å². The van der Waals surface area contributed by atoms with Gasteiger partial charge in [-0.2, -0.15) is 5.10 Å². The zero-order valence-electron chi connectivity index (χ0n) is 12.5. The van der Waals surface area contributed by atoms with Gasteiger partial charge >= 0.3 is 0 Å². The second kappa shape index (κ2) is 4.98. The lowest BCUT2D eigenvalue weighted by molar-refractivity contribution is 0.442. The Morgan fingerprint density at radius 1 is 1.24 bits per heavy atom. The highest BCUT2D eigenvalue weighted by molar-refractivity contribution is 5.83. The lowest BCUT2D eigenvalue weighted by Gasteiger charge is -2.19. The Morgan fingerprint density at radius 3 is 2.86 bits per heavy atom. The summed E-state index contributed by atoms with van der Waals surface area (Å²) < 4.78 is 0. The van der Waals surface area contributed by atoms with E-state index in [1.54, 1.807) is 0 Å². The number of pyridine rings is 1. The van der Waals surface area contributed by atoms with Gasteiger partial charge in [-0.15, -0.1) is 0 Å². The second-order valence-corrected chi connectivity index (χ2v) is 6.37. The summed E-state index contributed by atoms with van der Waals surface area (Å²) in [6, 6.07) is 0.320. The maximum atomic E-state index is 12.2. The molecular weight excluding hydrogens is 264 g/mol. The molecule has 0 bridgehead atoms. The molecule has 1 aliphatic carbocycles. The largest absolute Gasteiger partial charge is 0.308 e. The minimum atomic E-state index is 0.0684. The molecule has 0 radical (unpaired) electrons. The molecule has 0 amide bonds. The van der Waals surface area contributed by atoms with E-state index in [9.17, 15) is 4.79 Å². The van der Waals surface area contributed by atoms with Crippen LogP contribution in [-0.4, -0.2) is 21.7 Å². The fourth-order valence-corrected chi connectivity index (χ4v) is 4.12. The quantitative estimate of drug-likeness (QED) is 0.792. The summed E-state index contributed by atoms with van der Waals surface area (Å²) in [7, 11) is 0. The molecule has 2 aromatic rings. The Kier molecular flexibility index (Phi) is 3.10. The van der Waals surface area contributed by atoms with E-state index in [-0.39, 0.29) is 5.56 Å².